The predicted octanol–water partition coefficient (Wildman–Crippen LogP) is 3.05. The van der Waals surface area contributed by atoms with Crippen LogP contribution in [0.15, 0.2) is 30.3 Å². The Hall–Kier alpha value is -0.860. The van der Waals surface area contributed by atoms with E-state index in [0.717, 1.165) is 11.8 Å². The Balaban J connectivity index is 2.04. The van der Waals surface area contributed by atoms with Crippen LogP contribution in [0.2, 0.25) is 0 Å². The van der Waals surface area contributed by atoms with E-state index in [1.54, 1.807) is 0 Å². The van der Waals surface area contributed by atoms with Gasteiger partial charge in [-0.1, -0.05) is 44.2 Å². The Morgan fingerprint density at radius 1 is 1.11 bits per heavy atom. The highest BCUT2D eigenvalue weighted by Crippen LogP contribution is 2.26. The van der Waals surface area contributed by atoms with Gasteiger partial charge in [-0.2, -0.15) is 0 Å². The summed E-state index contributed by atoms with van der Waals surface area (Å²) < 4.78 is 0. The maximum Gasteiger partial charge on any atom is 0.0450 e. The summed E-state index contributed by atoms with van der Waals surface area (Å²) in [5, 5.41) is 0. The molecule has 0 aromatic heterocycles. The van der Waals surface area contributed by atoms with Crippen molar-refractivity contribution in [3.63, 3.8) is 0 Å². The molecule has 1 aromatic carbocycles. The average Bonchev–Trinajstić information content (AvgIpc) is 2.37. The summed E-state index contributed by atoms with van der Waals surface area (Å²) in [5.41, 5.74) is 7.66. The summed E-state index contributed by atoms with van der Waals surface area (Å²) in [7, 11) is 0. The van der Waals surface area contributed by atoms with Crippen LogP contribution in [0.5, 0.6) is 0 Å². The van der Waals surface area contributed by atoms with Crippen LogP contribution in [-0.2, 0) is 0 Å². The monoisotopic (exact) mass is 246 g/mol. The van der Waals surface area contributed by atoms with Gasteiger partial charge in [0, 0.05) is 25.2 Å². The Labute approximate surface area is 111 Å². The molecule has 100 valence electrons. The summed E-state index contributed by atoms with van der Waals surface area (Å²) in [6.07, 6.45) is 1.35. The zero-order valence-electron chi connectivity index (χ0n) is 11.8. The van der Waals surface area contributed by atoms with Crippen molar-refractivity contribution in [2.45, 2.75) is 39.3 Å². The molecule has 2 N–H and O–H groups in total. The normalized spacial score (nSPS) is 28.9. The minimum Gasteiger partial charge on any atom is -0.323 e. The number of piperidine rings is 1. The number of nitrogens with two attached hydrogens (primary N) is 1. The van der Waals surface area contributed by atoms with Crippen molar-refractivity contribution in [1.29, 1.82) is 0 Å². The highest BCUT2D eigenvalue weighted by Gasteiger charge is 2.28. The second-order valence-corrected chi connectivity index (χ2v) is 6.08. The minimum atomic E-state index is 0.115. The van der Waals surface area contributed by atoms with Gasteiger partial charge >= 0.3 is 0 Å². The zero-order valence-corrected chi connectivity index (χ0v) is 11.8. The molecule has 2 rings (SSSR count). The van der Waals surface area contributed by atoms with Crippen LogP contribution in [0.25, 0.3) is 0 Å². The number of rotatable bonds is 3. The van der Waals surface area contributed by atoms with Crippen LogP contribution in [0.4, 0.5) is 0 Å². The summed E-state index contributed by atoms with van der Waals surface area (Å²) in [4.78, 5) is 2.57. The zero-order chi connectivity index (χ0) is 13.1. The molecule has 2 heteroatoms. The number of likely N-dealkylation sites (tertiary alicyclic amines) is 1. The lowest BCUT2D eigenvalue weighted by Gasteiger charge is -2.41. The van der Waals surface area contributed by atoms with Crippen molar-refractivity contribution < 1.29 is 0 Å². The van der Waals surface area contributed by atoms with Crippen LogP contribution >= 0.6 is 0 Å². The second kappa shape index (κ2) is 5.85. The number of nitrogens with zero attached hydrogens (tertiary/aromatic N) is 1. The third-order valence-corrected chi connectivity index (χ3v) is 4.18. The molecule has 0 spiro atoms. The SMILES string of the molecule is CC1CC(C)CN(C(C)C(N)c2ccccc2)C1. The van der Waals surface area contributed by atoms with Crippen molar-refractivity contribution in [2.24, 2.45) is 17.6 Å². The number of hydrogen-bond acceptors (Lipinski definition) is 2. The number of hydrogen-bond donors (Lipinski definition) is 1. The summed E-state index contributed by atoms with van der Waals surface area (Å²) in [5.74, 6) is 1.58. The van der Waals surface area contributed by atoms with Gasteiger partial charge in [-0.3, -0.25) is 4.90 Å². The molecule has 18 heavy (non-hydrogen) atoms. The van der Waals surface area contributed by atoms with E-state index in [1.807, 2.05) is 6.07 Å². The molecule has 4 unspecified atom stereocenters. The Morgan fingerprint density at radius 2 is 1.67 bits per heavy atom. The van der Waals surface area contributed by atoms with Gasteiger partial charge in [-0.05, 0) is 30.7 Å². The van der Waals surface area contributed by atoms with Gasteiger partial charge < -0.3 is 5.73 Å². The van der Waals surface area contributed by atoms with Gasteiger partial charge in [0.15, 0.2) is 0 Å². The predicted molar refractivity (Wildman–Crippen MR) is 77.4 cm³/mol. The second-order valence-electron chi connectivity index (χ2n) is 6.08. The Kier molecular flexibility index (Phi) is 4.41. The van der Waals surface area contributed by atoms with E-state index >= 15 is 0 Å². The maximum atomic E-state index is 6.42. The largest absolute Gasteiger partial charge is 0.323 e. The lowest BCUT2D eigenvalue weighted by atomic mass is 9.89. The molecular formula is C16H26N2. The van der Waals surface area contributed by atoms with Crippen LogP contribution in [-0.4, -0.2) is 24.0 Å². The summed E-state index contributed by atoms with van der Waals surface area (Å²) in [6.45, 7) is 9.34. The fraction of sp³-hybridized carbons (Fsp3) is 0.625. The van der Waals surface area contributed by atoms with Crippen LogP contribution < -0.4 is 5.73 Å². The molecule has 1 saturated heterocycles. The van der Waals surface area contributed by atoms with E-state index < -0.39 is 0 Å². The molecular weight excluding hydrogens is 220 g/mol. The van der Waals surface area contributed by atoms with E-state index in [9.17, 15) is 0 Å². The van der Waals surface area contributed by atoms with Gasteiger partial charge in [0.1, 0.15) is 0 Å². The summed E-state index contributed by atoms with van der Waals surface area (Å²) in [6, 6.07) is 11.0. The topological polar surface area (TPSA) is 29.3 Å². The lowest BCUT2D eigenvalue weighted by molar-refractivity contribution is 0.0905. The van der Waals surface area contributed by atoms with E-state index in [0.29, 0.717) is 6.04 Å². The molecule has 1 aliphatic rings. The van der Waals surface area contributed by atoms with Gasteiger partial charge in [-0.15, -0.1) is 0 Å². The maximum absolute atomic E-state index is 6.42. The molecule has 0 bridgehead atoms. The van der Waals surface area contributed by atoms with E-state index in [2.05, 4.69) is 49.9 Å². The fourth-order valence-electron chi connectivity index (χ4n) is 3.22. The molecule has 0 aliphatic carbocycles. The van der Waals surface area contributed by atoms with Crippen LogP contribution in [0.3, 0.4) is 0 Å². The highest BCUT2D eigenvalue weighted by molar-refractivity contribution is 5.20. The van der Waals surface area contributed by atoms with E-state index in [1.165, 1.54) is 25.1 Å². The Morgan fingerprint density at radius 3 is 2.22 bits per heavy atom. The highest BCUT2D eigenvalue weighted by atomic mass is 15.2. The third-order valence-electron chi connectivity index (χ3n) is 4.18. The first-order chi connectivity index (χ1) is 8.58. The smallest absolute Gasteiger partial charge is 0.0450 e. The first kappa shape index (κ1) is 13.6. The van der Waals surface area contributed by atoms with Gasteiger partial charge in [-0.25, -0.2) is 0 Å². The quantitative estimate of drug-likeness (QED) is 0.888. The van der Waals surface area contributed by atoms with E-state index in [-0.39, 0.29) is 6.04 Å². The van der Waals surface area contributed by atoms with Crippen molar-refractivity contribution in [1.82, 2.24) is 4.90 Å². The van der Waals surface area contributed by atoms with Gasteiger partial charge in [0.05, 0.1) is 0 Å². The molecule has 2 nitrogen and oxygen atoms in total. The Bertz CT molecular complexity index is 353. The third kappa shape index (κ3) is 3.12. The van der Waals surface area contributed by atoms with Gasteiger partial charge in [0.2, 0.25) is 0 Å². The van der Waals surface area contributed by atoms with Crippen molar-refractivity contribution in [2.75, 3.05) is 13.1 Å². The van der Waals surface area contributed by atoms with E-state index in [4.69, 9.17) is 5.73 Å². The summed E-state index contributed by atoms with van der Waals surface area (Å²) >= 11 is 0. The van der Waals surface area contributed by atoms with Crippen LogP contribution in [0, 0.1) is 11.8 Å². The molecule has 0 radical (unpaired) electrons. The molecule has 1 aliphatic heterocycles. The first-order valence-electron chi connectivity index (χ1n) is 7.12. The van der Waals surface area contributed by atoms with Crippen molar-refractivity contribution >= 4 is 0 Å². The molecule has 0 saturated carbocycles. The van der Waals surface area contributed by atoms with Crippen molar-refractivity contribution in [3.05, 3.63) is 35.9 Å². The molecule has 0 amide bonds. The number of benzene rings is 1. The molecule has 1 fully saturated rings. The molecule has 1 aromatic rings. The standard InChI is InChI=1S/C16H26N2/c1-12-9-13(2)11-18(10-12)14(3)16(17)15-7-5-4-6-8-15/h4-8,12-14,16H,9-11,17H2,1-3H3. The minimum absolute atomic E-state index is 0.115. The lowest BCUT2D eigenvalue weighted by Crippen LogP contribution is -2.48. The van der Waals surface area contributed by atoms with Crippen molar-refractivity contribution in [3.8, 4) is 0 Å². The molecule has 4 atom stereocenters. The fourth-order valence-corrected chi connectivity index (χ4v) is 3.22. The average molecular weight is 246 g/mol. The first-order valence-corrected chi connectivity index (χ1v) is 7.12. The molecule has 1 heterocycles. The van der Waals surface area contributed by atoms with Gasteiger partial charge in [0.25, 0.3) is 0 Å². The van der Waals surface area contributed by atoms with Crippen LogP contribution in [0.1, 0.15) is 38.8 Å².